The largest absolute Gasteiger partial charge is 0.363 e. The zero-order valence-corrected chi connectivity index (χ0v) is 10.4. The molecule has 1 atom stereocenters. The quantitative estimate of drug-likeness (QED) is 0.849. The van der Waals surface area contributed by atoms with Gasteiger partial charge in [0.1, 0.15) is 16.8 Å². The summed E-state index contributed by atoms with van der Waals surface area (Å²) in [6, 6.07) is 5.75. The van der Waals surface area contributed by atoms with Crippen molar-refractivity contribution in [1.82, 2.24) is 15.0 Å². The summed E-state index contributed by atoms with van der Waals surface area (Å²) in [5.74, 6) is 1.37. The van der Waals surface area contributed by atoms with Crippen LogP contribution in [0.15, 0.2) is 30.6 Å². The molecule has 0 aliphatic heterocycles. The van der Waals surface area contributed by atoms with Gasteiger partial charge in [0.05, 0.1) is 6.04 Å². The van der Waals surface area contributed by atoms with Gasteiger partial charge in [-0.1, -0.05) is 17.7 Å². The average molecular weight is 249 g/mol. The fraction of sp³-hybridized carbons (Fsp3) is 0.250. The summed E-state index contributed by atoms with van der Waals surface area (Å²) in [6.45, 7) is 3.86. The van der Waals surface area contributed by atoms with Crippen molar-refractivity contribution < 1.29 is 0 Å². The van der Waals surface area contributed by atoms with Crippen molar-refractivity contribution >= 4 is 17.4 Å². The Bertz CT molecular complexity index is 481. The Balaban J connectivity index is 2.16. The van der Waals surface area contributed by atoms with E-state index in [1.807, 2.05) is 32.2 Å². The molecule has 0 amide bonds. The number of nitrogens with one attached hydrogen (secondary N) is 1. The van der Waals surface area contributed by atoms with Crippen LogP contribution in [-0.4, -0.2) is 15.0 Å². The fourth-order valence-electron chi connectivity index (χ4n) is 1.54. The van der Waals surface area contributed by atoms with E-state index in [1.54, 1.807) is 12.3 Å². The van der Waals surface area contributed by atoms with Crippen molar-refractivity contribution in [2.75, 3.05) is 5.32 Å². The first-order valence-corrected chi connectivity index (χ1v) is 5.70. The Kier molecular flexibility index (Phi) is 3.54. The van der Waals surface area contributed by atoms with Gasteiger partial charge in [-0.3, -0.25) is 4.98 Å². The lowest BCUT2D eigenvalue weighted by molar-refractivity contribution is 0.859. The van der Waals surface area contributed by atoms with Crippen LogP contribution in [0, 0.1) is 6.92 Å². The third-order valence-corrected chi connectivity index (χ3v) is 2.55. The van der Waals surface area contributed by atoms with E-state index in [9.17, 15) is 0 Å². The number of hydrogen-bond acceptors (Lipinski definition) is 4. The minimum Gasteiger partial charge on any atom is -0.363 e. The number of anilines is 1. The minimum absolute atomic E-state index is 0.120. The molecule has 0 aliphatic rings. The van der Waals surface area contributed by atoms with Gasteiger partial charge in [-0.25, -0.2) is 9.97 Å². The SMILES string of the molecule is Cc1nc(Cl)cc(NC(C)c2cccnc2)n1. The molecule has 2 heterocycles. The molecule has 0 aliphatic carbocycles. The van der Waals surface area contributed by atoms with Crippen LogP contribution in [0.3, 0.4) is 0 Å². The molecule has 1 N–H and O–H groups in total. The van der Waals surface area contributed by atoms with Gasteiger partial charge in [0, 0.05) is 18.5 Å². The first-order chi connectivity index (χ1) is 8.15. The summed E-state index contributed by atoms with van der Waals surface area (Å²) in [7, 11) is 0. The van der Waals surface area contributed by atoms with Gasteiger partial charge in [-0.15, -0.1) is 0 Å². The van der Waals surface area contributed by atoms with E-state index in [2.05, 4.69) is 20.3 Å². The lowest BCUT2D eigenvalue weighted by Crippen LogP contribution is -2.09. The van der Waals surface area contributed by atoms with E-state index in [0.29, 0.717) is 11.0 Å². The molecule has 0 radical (unpaired) electrons. The van der Waals surface area contributed by atoms with Gasteiger partial charge in [-0.05, 0) is 25.5 Å². The molecular formula is C12H13ClN4. The lowest BCUT2D eigenvalue weighted by Gasteiger charge is -2.14. The average Bonchev–Trinajstić information content (AvgIpc) is 2.28. The van der Waals surface area contributed by atoms with Gasteiger partial charge in [0.25, 0.3) is 0 Å². The summed E-state index contributed by atoms with van der Waals surface area (Å²) < 4.78 is 0. The standard InChI is InChI=1S/C12H13ClN4/c1-8(10-4-3-5-14-7-10)15-12-6-11(13)16-9(2)17-12/h3-8H,1-2H3,(H,15,16,17). The molecule has 5 heteroatoms. The predicted molar refractivity (Wildman–Crippen MR) is 68.1 cm³/mol. The molecule has 0 aromatic carbocycles. The molecule has 88 valence electrons. The van der Waals surface area contributed by atoms with E-state index in [1.165, 1.54) is 0 Å². The maximum atomic E-state index is 5.88. The van der Waals surface area contributed by atoms with E-state index >= 15 is 0 Å². The highest BCUT2D eigenvalue weighted by atomic mass is 35.5. The van der Waals surface area contributed by atoms with Crippen molar-refractivity contribution in [2.45, 2.75) is 19.9 Å². The molecule has 2 aromatic heterocycles. The molecule has 2 aromatic rings. The zero-order valence-electron chi connectivity index (χ0n) is 9.68. The van der Waals surface area contributed by atoms with Crippen LogP contribution < -0.4 is 5.32 Å². The summed E-state index contributed by atoms with van der Waals surface area (Å²) in [5.41, 5.74) is 1.10. The number of aryl methyl sites for hydroxylation is 1. The summed E-state index contributed by atoms with van der Waals surface area (Å²) in [6.07, 6.45) is 3.58. The number of hydrogen-bond donors (Lipinski definition) is 1. The normalized spacial score (nSPS) is 12.2. The highest BCUT2D eigenvalue weighted by Crippen LogP contribution is 2.18. The lowest BCUT2D eigenvalue weighted by atomic mass is 10.1. The number of rotatable bonds is 3. The van der Waals surface area contributed by atoms with Crippen LogP contribution in [0.4, 0.5) is 5.82 Å². The Hall–Kier alpha value is -1.68. The third-order valence-electron chi connectivity index (χ3n) is 2.36. The summed E-state index contributed by atoms with van der Waals surface area (Å²) in [5, 5.41) is 3.71. The predicted octanol–water partition coefficient (Wildman–Crippen LogP) is 3.01. The van der Waals surface area contributed by atoms with Crippen molar-refractivity contribution in [1.29, 1.82) is 0 Å². The maximum absolute atomic E-state index is 5.88. The first kappa shape index (κ1) is 11.8. The van der Waals surface area contributed by atoms with Crippen molar-refractivity contribution in [3.63, 3.8) is 0 Å². The molecule has 0 fully saturated rings. The van der Waals surface area contributed by atoms with Gasteiger partial charge < -0.3 is 5.32 Å². The Labute approximate surface area is 105 Å². The molecular weight excluding hydrogens is 236 g/mol. The van der Waals surface area contributed by atoms with Crippen LogP contribution in [0.2, 0.25) is 5.15 Å². The molecule has 0 spiro atoms. The first-order valence-electron chi connectivity index (χ1n) is 5.33. The Morgan fingerprint density at radius 1 is 1.35 bits per heavy atom. The van der Waals surface area contributed by atoms with Crippen LogP contribution in [-0.2, 0) is 0 Å². The second kappa shape index (κ2) is 5.10. The molecule has 2 rings (SSSR count). The van der Waals surface area contributed by atoms with Crippen LogP contribution in [0.1, 0.15) is 24.4 Å². The Morgan fingerprint density at radius 2 is 2.18 bits per heavy atom. The topological polar surface area (TPSA) is 50.7 Å². The van der Waals surface area contributed by atoms with Crippen molar-refractivity contribution in [3.8, 4) is 0 Å². The van der Waals surface area contributed by atoms with Gasteiger partial charge in [-0.2, -0.15) is 0 Å². The van der Waals surface area contributed by atoms with Crippen LogP contribution in [0.25, 0.3) is 0 Å². The third kappa shape index (κ3) is 3.14. The van der Waals surface area contributed by atoms with E-state index in [4.69, 9.17) is 11.6 Å². The van der Waals surface area contributed by atoms with E-state index in [0.717, 1.165) is 11.4 Å². The number of halogens is 1. The summed E-state index contributed by atoms with van der Waals surface area (Å²) in [4.78, 5) is 12.4. The van der Waals surface area contributed by atoms with E-state index < -0.39 is 0 Å². The second-order valence-electron chi connectivity index (χ2n) is 3.78. The van der Waals surface area contributed by atoms with Gasteiger partial charge in [0.15, 0.2) is 0 Å². The smallest absolute Gasteiger partial charge is 0.134 e. The molecule has 1 unspecified atom stereocenters. The molecule has 17 heavy (non-hydrogen) atoms. The highest BCUT2D eigenvalue weighted by molar-refractivity contribution is 6.29. The fourth-order valence-corrected chi connectivity index (χ4v) is 1.77. The summed E-state index contributed by atoms with van der Waals surface area (Å²) >= 11 is 5.88. The number of nitrogens with zero attached hydrogens (tertiary/aromatic N) is 3. The second-order valence-corrected chi connectivity index (χ2v) is 4.16. The van der Waals surface area contributed by atoms with E-state index in [-0.39, 0.29) is 6.04 Å². The van der Waals surface area contributed by atoms with Crippen LogP contribution >= 0.6 is 11.6 Å². The monoisotopic (exact) mass is 248 g/mol. The van der Waals surface area contributed by atoms with Crippen molar-refractivity contribution in [2.24, 2.45) is 0 Å². The molecule has 0 bridgehead atoms. The van der Waals surface area contributed by atoms with Gasteiger partial charge in [0.2, 0.25) is 0 Å². The molecule has 0 saturated heterocycles. The van der Waals surface area contributed by atoms with Crippen LogP contribution in [0.5, 0.6) is 0 Å². The van der Waals surface area contributed by atoms with Gasteiger partial charge >= 0.3 is 0 Å². The highest BCUT2D eigenvalue weighted by Gasteiger charge is 2.07. The maximum Gasteiger partial charge on any atom is 0.134 e. The Morgan fingerprint density at radius 3 is 2.82 bits per heavy atom. The van der Waals surface area contributed by atoms with Crippen molar-refractivity contribution in [3.05, 3.63) is 47.1 Å². The zero-order chi connectivity index (χ0) is 12.3. The number of pyridine rings is 1. The number of aromatic nitrogens is 3. The molecule has 4 nitrogen and oxygen atoms in total. The minimum atomic E-state index is 0.120. The molecule has 0 saturated carbocycles.